The summed E-state index contributed by atoms with van der Waals surface area (Å²) in [5.41, 5.74) is 2.82. The Hall–Kier alpha value is -3.22. The summed E-state index contributed by atoms with van der Waals surface area (Å²) in [6.45, 7) is 5.35. The quantitative estimate of drug-likeness (QED) is 0.403. The maximum Gasteiger partial charge on any atom is 0.221 e. The van der Waals surface area contributed by atoms with Gasteiger partial charge in [-0.25, -0.2) is 4.99 Å². The van der Waals surface area contributed by atoms with Crippen LogP contribution in [0.1, 0.15) is 50.7 Å². The number of aliphatic imine (C=N–C) groups is 1. The maximum absolute atomic E-state index is 11.3. The lowest BCUT2D eigenvalue weighted by Gasteiger charge is -2.20. The molecule has 0 saturated heterocycles. The minimum absolute atomic E-state index is 0.0884. The highest BCUT2D eigenvalue weighted by atomic mass is 16.5. The smallest absolute Gasteiger partial charge is 0.221 e. The van der Waals surface area contributed by atoms with Gasteiger partial charge in [0.1, 0.15) is 0 Å². The topological polar surface area (TPSA) is 84.0 Å². The number of hydrogen-bond acceptors (Lipinski definition) is 4. The molecule has 7 nitrogen and oxygen atoms in total. The Morgan fingerprint density at radius 3 is 2.62 bits per heavy atom. The third-order valence-corrected chi connectivity index (χ3v) is 5.32. The molecule has 32 heavy (non-hydrogen) atoms. The molecular formula is C25H34N4O3. The highest BCUT2D eigenvalue weighted by Gasteiger charge is 2.20. The maximum atomic E-state index is 11.3. The van der Waals surface area contributed by atoms with E-state index in [4.69, 9.17) is 14.5 Å². The lowest BCUT2D eigenvalue weighted by molar-refractivity contribution is -0.114. The van der Waals surface area contributed by atoms with Gasteiger partial charge < -0.3 is 25.4 Å². The van der Waals surface area contributed by atoms with Crippen molar-refractivity contribution in [3.8, 4) is 11.5 Å². The number of anilines is 1. The van der Waals surface area contributed by atoms with Crippen molar-refractivity contribution in [2.24, 2.45) is 4.99 Å². The number of para-hydroxylation sites is 1. The van der Waals surface area contributed by atoms with E-state index in [1.165, 1.54) is 19.8 Å². The number of rotatable bonds is 9. The van der Waals surface area contributed by atoms with Crippen LogP contribution in [0.2, 0.25) is 0 Å². The third kappa shape index (κ3) is 6.90. The molecule has 0 unspecified atom stereocenters. The predicted molar refractivity (Wildman–Crippen MR) is 128 cm³/mol. The summed E-state index contributed by atoms with van der Waals surface area (Å²) in [6.07, 6.45) is 4.86. The first-order valence-corrected chi connectivity index (χ1v) is 11.3. The first-order chi connectivity index (χ1) is 15.6. The second kappa shape index (κ2) is 12.0. The summed E-state index contributed by atoms with van der Waals surface area (Å²) in [4.78, 5) is 16.0. The van der Waals surface area contributed by atoms with Crippen molar-refractivity contribution >= 4 is 17.6 Å². The van der Waals surface area contributed by atoms with Crippen LogP contribution in [-0.4, -0.2) is 31.6 Å². The fraction of sp³-hybridized carbons (Fsp3) is 0.440. The van der Waals surface area contributed by atoms with Gasteiger partial charge in [-0.2, -0.15) is 0 Å². The molecule has 1 amide bonds. The lowest BCUT2D eigenvalue weighted by atomic mass is 10.1. The van der Waals surface area contributed by atoms with Crippen LogP contribution in [-0.2, 0) is 17.9 Å². The summed E-state index contributed by atoms with van der Waals surface area (Å²) in [7, 11) is 1.68. The van der Waals surface area contributed by atoms with Crippen LogP contribution in [0.4, 0.5) is 5.69 Å². The molecule has 3 N–H and O–H groups in total. The van der Waals surface area contributed by atoms with Crippen LogP contribution in [0.15, 0.2) is 47.5 Å². The zero-order valence-electron chi connectivity index (χ0n) is 19.2. The molecule has 3 rings (SSSR count). The summed E-state index contributed by atoms with van der Waals surface area (Å²) in [6, 6.07) is 13.7. The number of carbonyl (C=O) groups is 1. The van der Waals surface area contributed by atoms with Gasteiger partial charge in [-0.15, -0.1) is 0 Å². The molecule has 0 heterocycles. The normalized spacial score (nSPS) is 14.2. The zero-order chi connectivity index (χ0) is 22.8. The van der Waals surface area contributed by atoms with Crippen molar-refractivity contribution in [3.05, 3.63) is 53.6 Å². The number of ether oxygens (including phenoxy) is 2. The van der Waals surface area contributed by atoms with Crippen LogP contribution < -0.4 is 25.4 Å². The van der Waals surface area contributed by atoms with Gasteiger partial charge in [0.2, 0.25) is 5.91 Å². The summed E-state index contributed by atoms with van der Waals surface area (Å²) in [5, 5.41) is 9.50. The summed E-state index contributed by atoms with van der Waals surface area (Å²) in [5.74, 6) is 2.20. The van der Waals surface area contributed by atoms with E-state index >= 15 is 0 Å². The molecule has 0 spiro atoms. The Balaban J connectivity index is 1.69. The van der Waals surface area contributed by atoms with Gasteiger partial charge in [-0.3, -0.25) is 4.79 Å². The number of carbonyl (C=O) groups excluding carboxylic acids is 1. The highest BCUT2D eigenvalue weighted by Crippen LogP contribution is 2.34. The highest BCUT2D eigenvalue weighted by molar-refractivity contribution is 5.88. The number of benzene rings is 2. The molecule has 0 aliphatic heterocycles. The Labute approximate surface area is 190 Å². The van der Waals surface area contributed by atoms with Gasteiger partial charge in [0.05, 0.1) is 19.8 Å². The second-order valence-electron chi connectivity index (χ2n) is 7.90. The largest absolute Gasteiger partial charge is 0.493 e. The van der Waals surface area contributed by atoms with Crippen LogP contribution >= 0.6 is 0 Å². The number of nitrogens with zero attached hydrogens (tertiary/aromatic N) is 1. The molecule has 2 aromatic carbocycles. The lowest BCUT2D eigenvalue weighted by Crippen LogP contribution is -2.37. The molecule has 172 valence electrons. The number of guanidine groups is 1. The Morgan fingerprint density at radius 1 is 1.12 bits per heavy atom. The van der Waals surface area contributed by atoms with E-state index in [9.17, 15) is 4.79 Å². The number of nitrogens with one attached hydrogen (secondary N) is 3. The van der Waals surface area contributed by atoms with Gasteiger partial charge in [-0.1, -0.05) is 24.3 Å². The SMILES string of the molecule is CCNC(=NCc1cccc(NC(C)=O)c1)NCc1cccc(OC)c1OC1CCCC1. The first-order valence-electron chi connectivity index (χ1n) is 11.3. The Morgan fingerprint density at radius 2 is 1.91 bits per heavy atom. The monoisotopic (exact) mass is 438 g/mol. The average Bonchev–Trinajstić information content (AvgIpc) is 3.29. The van der Waals surface area contributed by atoms with Crippen LogP contribution in [0.5, 0.6) is 11.5 Å². The van der Waals surface area contributed by atoms with Crippen LogP contribution in [0.3, 0.4) is 0 Å². The van der Waals surface area contributed by atoms with E-state index in [0.29, 0.717) is 19.0 Å². The minimum atomic E-state index is -0.0884. The van der Waals surface area contributed by atoms with E-state index < -0.39 is 0 Å². The van der Waals surface area contributed by atoms with Crippen LogP contribution in [0.25, 0.3) is 0 Å². The standard InChI is InChI=1S/C25H34N4O3/c1-4-26-25(27-16-19-9-7-11-21(15-19)29-18(2)30)28-17-20-10-8-14-23(31-3)24(20)32-22-12-5-6-13-22/h7-11,14-15,22H,4-6,12-13,16-17H2,1-3H3,(H,29,30)(H2,26,27,28). The molecule has 1 aliphatic rings. The van der Waals surface area contributed by atoms with Crippen molar-refractivity contribution in [2.75, 3.05) is 19.0 Å². The van der Waals surface area contributed by atoms with Gasteiger partial charge in [0, 0.05) is 31.3 Å². The fourth-order valence-corrected chi connectivity index (χ4v) is 3.81. The van der Waals surface area contributed by atoms with Crippen LogP contribution in [0, 0.1) is 0 Å². The third-order valence-electron chi connectivity index (χ3n) is 5.32. The molecule has 0 radical (unpaired) electrons. The molecule has 2 aromatic rings. The Kier molecular flexibility index (Phi) is 8.78. The van der Waals surface area contributed by atoms with E-state index in [0.717, 1.165) is 47.7 Å². The van der Waals surface area contributed by atoms with Gasteiger partial charge in [0.15, 0.2) is 17.5 Å². The molecule has 0 aromatic heterocycles. The predicted octanol–water partition coefficient (Wildman–Crippen LogP) is 4.23. The van der Waals surface area contributed by atoms with E-state index in [-0.39, 0.29) is 12.0 Å². The molecule has 1 aliphatic carbocycles. The van der Waals surface area contributed by atoms with E-state index in [1.807, 2.05) is 43.3 Å². The van der Waals surface area contributed by atoms with Gasteiger partial charge in [-0.05, 0) is 56.4 Å². The molecule has 7 heteroatoms. The minimum Gasteiger partial charge on any atom is -0.493 e. The first kappa shape index (κ1) is 23.4. The Bertz CT molecular complexity index is 923. The van der Waals surface area contributed by atoms with Crippen molar-refractivity contribution in [2.45, 2.75) is 58.7 Å². The van der Waals surface area contributed by atoms with Crippen molar-refractivity contribution in [3.63, 3.8) is 0 Å². The number of hydrogen-bond donors (Lipinski definition) is 3. The second-order valence-corrected chi connectivity index (χ2v) is 7.90. The van der Waals surface area contributed by atoms with Gasteiger partial charge >= 0.3 is 0 Å². The number of methoxy groups -OCH3 is 1. The molecule has 1 fully saturated rings. The summed E-state index contributed by atoms with van der Waals surface area (Å²) >= 11 is 0. The van der Waals surface area contributed by atoms with Crippen molar-refractivity contribution in [1.29, 1.82) is 0 Å². The van der Waals surface area contributed by atoms with E-state index in [1.54, 1.807) is 7.11 Å². The zero-order valence-corrected chi connectivity index (χ0v) is 19.2. The number of amides is 1. The molecule has 0 bridgehead atoms. The molecular weight excluding hydrogens is 404 g/mol. The van der Waals surface area contributed by atoms with Crippen molar-refractivity contribution in [1.82, 2.24) is 10.6 Å². The average molecular weight is 439 g/mol. The fourth-order valence-electron chi connectivity index (χ4n) is 3.81. The van der Waals surface area contributed by atoms with Gasteiger partial charge in [0.25, 0.3) is 0 Å². The summed E-state index contributed by atoms with van der Waals surface area (Å²) < 4.78 is 11.9. The van der Waals surface area contributed by atoms with Crippen molar-refractivity contribution < 1.29 is 14.3 Å². The molecule has 1 saturated carbocycles. The van der Waals surface area contributed by atoms with E-state index in [2.05, 4.69) is 22.0 Å². The molecule has 0 atom stereocenters.